The number of rotatable bonds is 5. The van der Waals surface area contributed by atoms with E-state index in [-0.39, 0.29) is 5.38 Å². The van der Waals surface area contributed by atoms with Crippen molar-refractivity contribution in [1.29, 1.82) is 0 Å². The van der Waals surface area contributed by atoms with Crippen LogP contribution in [0.2, 0.25) is 0 Å². The van der Waals surface area contributed by atoms with Crippen molar-refractivity contribution in [2.75, 3.05) is 0 Å². The van der Waals surface area contributed by atoms with Crippen molar-refractivity contribution in [3.05, 3.63) is 35.9 Å². The van der Waals surface area contributed by atoms with Crippen LogP contribution >= 0.6 is 11.6 Å². The second kappa shape index (κ2) is 5.76. The molecule has 0 spiro atoms. The maximum Gasteiger partial charge on any atom is 0.307 e. The Morgan fingerprint density at radius 1 is 1.40 bits per heavy atom. The highest BCUT2D eigenvalue weighted by Crippen LogP contribution is 2.17. The molecular weight excluding hydrogens is 212 g/mol. The van der Waals surface area contributed by atoms with Crippen LogP contribution in [-0.4, -0.2) is 16.5 Å². The number of carboxylic acid groups (broad SMARTS) is 1. The molecule has 0 unspecified atom stereocenters. The van der Waals surface area contributed by atoms with Crippen LogP contribution in [0.1, 0.15) is 18.9 Å². The van der Waals surface area contributed by atoms with E-state index in [4.69, 9.17) is 16.7 Å². The Morgan fingerprint density at radius 3 is 2.53 bits per heavy atom. The van der Waals surface area contributed by atoms with Gasteiger partial charge in [0, 0.05) is 5.38 Å². The average molecular weight is 227 g/mol. The van der Waals surface area contributed by atoms with Gasteiger partial charge in [0.2, 0.25) is 0 Å². The molecule has 2 atom stereocenters. The number of hydrogen-bond donors (Lipinski definition) is 1. The molecule has 1 aromatic carbocycles. The first kappa shape index (κ1) is 12.1. The first-order valence-electron chi connectivity index (χ1n) is 5.02. The van der Waals surface area contributed by atoms with Gasteiger partial charge in [0.1, 0.15) is 0 Å². The van der Waals surface area contributed by atoms with Crippen molar-refractivity contribution in [2.45, 2.75) is 25.1 Å². The molecule has 0 radical (unpaired) electrons. The fourth-order valence-corrected chi connectivity index (χ4v) is 1.57. The van der Waals surface area contributed by atoms with Crippen molar-refractivity contribution in [2.24, 2.45) is 5.92 Å². The number of benzene rings is 1. The molecule has 1 rings (SSSR count). The Bertz CT molecular complexity index is 311. The smallest absolute Gasteiger partial charge is 0.307 e. The lowest BCUT2D eigenvalue weighted by Gasteiger charge is -2.13. The lowest BCUT2D eigenvalue weighted by molar-refractivity contribution is -0.141. The Morgan fingerprint density at radius 2 is 2.00 bits per heavy atom. The molecule has 2 nitrogen and oxygen atoms in total. The number of carbonyl (C=O) groups is 1. The van der Waals surface area contributed by atoms with Crippen LogP contribution in [0.5, 0.6) is 0 Å². The summed E-state index contributed by atoms with van der Waals surface area (Å²) in [6.45, 7) is 1.64. The van der Waals surface area contributed by atoms with Gasteiger partial charge in [-0.2, -0.15) is 0 Å². The molecule has 0 saturated heterocycles. The van der Waals surface area contributed by atoms with Gasteiger partial charge in [0.05, 0.1) is 5.92 Å². The zero-order valence-corrected chi connectivity index (χ0v) is 9.45. The zero-order valence-electron chi connectivity index (χ0n) is 8.69. The molecule has 1 aromatic rings. The van der Waals surface area contributed by atoms with E-state index in [0.717, 1.165) is 6.42 Å². The maximum absolute atomic E-state index is 10.7. The van der Waals surface area contributed by atoms with Gasteiger partial charge >= 0.3 is 5.97 Å². The number of carboxylic acids is 1. The molecule has 0 bridgehead atoms. The van der Waals surface area contributed by atoms with E-state index in [1.807, 2.05) is 30.3 Å². The largest absolute Gasteiger partial charge is 0.481 e. The second-order valence-corrected chi connectivity index (χ2v) is 4.23. The van der Waals surface area contributed by atoms with Gasteiger partial charge in [-0.25, -0.2) is 0 Å². The molecule has 0 amide bonds. The van der Waals surface area contributed by atoms with Crippen LogP contribution in [0, 0.1) is 5.92 Å². The van der Waals surface area contributed by atoms with Gasteiger partial charge in [-0.1, -0.05) is 37.3 Å². The van der Waals surface area contributed by atoms with Crippen molar-refractivity contribution >= 4 is 17.6 Å². The van der Waals surface area contributed by atoms with E-state index in [2.05, 4.69) is 0 Å². The number of hydrogen-bond acceptors (Lipinski definition) is 1. The van der Waals surface area contributed by atoms with E-state index >= 15 is 0 Å². The van der Waals surface area contributed by atoms with E-state index in [1.54, 1.807) is 6.92 Å². The Kier molecular flexibility index (Phi) is 4.63. The summed E-state index contributed by atoms with van der Waals surface area (Å²) >= 11 is 6.00. The summed E-state index contributed by atoms with van der Waals surface area (Å²) < 4.78 is 0. The molecule has 82 valence electrons. The van der Waals surface area contributed by atoms with E-state index in [0.29, 0.717) is 6.42 Å². The van der Waals surface area contributed by atoms with Crippen LogP contribution in [0.15, 0.2) is 30.3 Å². The molecule has 15 heavy (non-hydrogen) atoms. The van der Waals surface area contributed by atoms with Gasteiger partial charge in [-0.3, -0.25) is 4.79 Å². The molecule has 0 aliphatic heterocycles. The van der Waals surface area contributed by atoms with Crippen LogP contribution in [0.25, 0.3) is 0 Å². The van der Waals surface area contributed by atoms with E-state index in [1.165, 1.54) is 5.56 Å². The molecule has 0 aliphatic rings. The van der Waals surface area contributed by atoms with E-state index < -0.39 is 11.9 Å². The summed E-state index contributed by atoms with van der Waals surface area (Å²) in [7, 11) is 0. The molecule has 3 heteroatoms. The Balaban J connectivity index is 2.41. The normalized spacial score (nSPS) is 14.5. The van der Waals surface area contributed by atoms with Crippen molar-refractivity contribution < 1.29 is 9.90 Å². The third kappa shape index (κ3) is 3.92. The quantitative estimate of drug-likeness (QED) is 0.784. The standard InChI is InChI=1S/C12H15ClO2/c1-9(12(14)15)11(13)8-7-10-5-3-2-4-6-10/h2-6,9,11H,7-8H2,1H3,(H,14,15)/t9-,11-/m0/s1. The SMILES string of the molecule is C[C@H](C(=O)O)[C@@H](Cl)CCc1ccccc1. The molecule has 0 aromatic heterocycles. The summed E-state index contributed by atoms with van der Waals surface area (Å²) in [6.07, 6.45) is 1.52. The highest BCUT2D eigenvalue weighted by atomic mass is 35.5. The summed E-state index contributed by atoms with van der Waals surface area (Å²) in [5.74, 6) is -1.32. The number of halogens is 1. The first-order valence-corrected chi connectivity index (χ1v) is 5.45. The minimum absolute atomic E-state index is 0.303. The Hall–Kier alpha value is -1.02. The molecule has 0 saturated carbocycles. The molecule has 0 aliphatic carbocycles. The van der Waals surface area contributed by atoms with Gasteiger partial charge in [0.15, 0.2) is 0 Å². The fourth-order valence-electron chi connectivity index (χ4n) is 1.35. The Labute approximate surface area is 94.9 Å². The lowest BCUT2D eigenvalue weighted by Crippen LogP contribution is -2.21. The van der Waals surface area contributed by atoms with Crippen molar-refractivity contribution in [3.8, 4) is 0 Å². The number of aryl methyl sites for hydroxylation is 1. The predicted molar refractivity (Wildman–Crippen MR) is 61.2 cm³/mol. The second-order valence-electron chi connectivity index (χ2n) is 3.67. The van der Waals surface area contributed by atoms with Gasteiger partial charge in [0.25, 0.3) is 0 Å². The maximum atomic E-state index is 10.7. The molecule has 0 heterocycles. The van der Waals surface area contributed by atoms with Crippen molar-refractivity contribution in [1.82, 2.24) is 0 Å². The van der Waals surface area contributed by atoms with Gasteiger partial charge < -0.3 is 5.11 Å². The van der Waals surface area contributed by atoms with Crippen LogP contribution in [0.3, 0.4) is 0 Å². The average Bonchev–Trinajstić information content (AvgIpc) is 2.26. The minimum Gasteiger partial charge on any atom is -0.481 e. The molecule has 0 fully saturated rings. The van der Waals surface area contributed by atoms with Crippen LogP contribution in [-0.2, 0) is 11.2 Å². The zero-order chi connectivity index (χ0) is 11.3. The van der Waals surface area contributed by atoms with Crippen LogP contribution in [0.4, 0.5) is 0 Å². The fraction of sp³-hybridized carbons (Fsp3) is 0.417. The summed E-state index contributed by atoms with van der Waals surface area (Å²) in [5, 5.41) is 8.46. The third-order valence-corrected chi connectivity index (χ3v) is 3.08. The lowest BCUT2D eigenvalue weighted by atomic mass is 10.0. The summed E-state index contributed by atoms with van der Waals surface area (Å²) in [4.78, 5) is 10.7. The molecule has 1 N–H and O–H groups in total. The van der Waals surface area contributed by atoms with Gasteiger partial charge in [-0.15, -0.1) is 11.6 Å². The number of alkyl halides is 1. The minimum atomic E-state index is -0.830. The molecular formula is C12H15ClO2. The summed E-state index contributed by atoms with van der Waals surface area (Å²) in [5.41, 5.74) is 1.20. The van der Waals surface area contributed by atoms with Crippen molar-refractivity contribution in [3.63, 3.8) is 0 Å². The highest BCUT2D eigenvalue weighted by Gasteiger charge is 2.20. The van der Waals surface area contributed by atoms with Gasteiger partial charge in [-0.05, 0) is 18.4 Å². The number of aliphatic carboxylic acids is 1. The first-order chi connectivity index (χ1) is 7.11. The topological polar surface area (TPSA) is 37.3 Å². The highest BCUT2D eigenvalue weighted by molar-refractivity contribution is 6.21. The van der Waals surface area contributed by atoms with E-state index in [9.17, 15) is 4.79 Å². The predicted octanol–water partition coefficient (Wildman–Crippen LogP) is 2.95. The monoisotopic (exact) mass is 226 g/mol. The third-order valence-electron chi connectivity index (χ3n) is 2.48. The van der Waals surface area contributed by atoms with Crippen LogP contribution < -0.4 is 0 Å². The summed E-state index contributed by atoms with van der Waals surface area (Å²) in [6, 6.07) is 9.95.